The third-order valence-corrected chi connectivity index (χ3v) is 4.16. The summed E-state index contributed by atoms with van der Waals surface area (Å²) >= 11 is 3.38. The number of rotatable bonds is 4. The minimum absolute atomic E-state index is 0.0459. The summed E-state index contributed by atoms with van der Waals surface area (Å²) in [5.74, 6) is -0.305. The average Bonchev–Trinajstić information content (AvgIpc) is 2.47. The van der Waals surface area contributed by atoms with Crippen LogP contribution in [-0.4, -0.2) is 30.6 Å². The molecule has 7 heteroatoms. The zero-order valence-electron chi connectivity index (χ0n) is 11.8. The van der Waals surface area contributed by atoms with Crippen molar-refractivity contribution in [3.8, 4) is 0 Å². The first kappa shape index (κ1) is 15.8. The molecule has 1 atom stereocenters. The molecule has 0 N–H and O–H groups in total. The van der Waals surface area contributed by atoms with Gasteiger partial charge in [-0.2, -0.15) is 0 Å². The molecule has 1 aliphatic heterocycles. The van der Waals surface area contributed by atoms with Crippen LogP contribution in [0.4, 0.5) is 11.4 Å². The number of ether oxygens (including phenoxy) is 1. The highest BCUT2D eigenvalue weighted by Gasteiger charge is 2.28. The van der Waals surface area contributed by atoms with E-state index in [-0.39, 0.29) is 17.6 Å². The molecular formula is C14H17BrN2O4. The number of carbonyl (C=O) groups excluding carboxylic acids is 1. The number of anilines is 1. The minimum Gasteiger partial charge on any atom is -0.466 e. The smallest absolute Gasteiger partial charge is 0.310 e. The zero-order chi connectivity index (χ0) is 15.4. The lowest BCUT2D eigenvalue weighted by atomic mass is 9.97. The predicted octanol–water partition coefficient (Wildman–Crippen LogP) is 3.14. The van der Waals surface area contributed by atoms with Gasteiger partial charge in [-0.25, -0.2) is 0 Å². The fraction of sp³-hybridized carbons (Fsp3) is 0.500. The van der Waals surface area contributed by atoms with E-state index in [1.807, 2.05) is 0 Å². The second-order valence-electron chi connectivity index (χ2n) is 4.93. The lowest BCUT2D eigenvalue weighted by Gasteiger charge is -2.33. The van der Waals surface area contributed by atoms with E-state index in [2.05, 4.69) is 20.8 Å². The van der Waals surface area contributed by atoms with Crippen molar-refractivity contribution < 1.29 is 14.5 Å². The number of nitrogens with zero attached hydrogens (tertiary/aromatic N) is 2. The molecule has 6 nitrogen and oxygen atoms in total. The van der Waals surface area contributed by atoms with Gasteiger partial charge in [0.25, 0.3) is 5.69 Å². The Bertz CT molecular complexity index is 550. The first-order chi connectivity index (χ1) is 10.0. The molecule has 1 aliphatic rings. The number of halogens is 1. The van der Waals surface area contributed by atoms with Gasteiger partial charge in [-0.1, -0.05) is 0 Å². The Morgan fingerprint density at radius 3 is 2.95 bits per heavy atom. The molecule has 0 radical (unpaired) electrons. The Morgan fingerprint density at radius 2 is 2.33 bits per heavy atom. The summed E-state index contributed by atoms with van der Waals surface area (Å²) in [6.07, 6.45) is 1.72. The van der Waals surface area contributed by atoms with Crippen LogP contribution in [0, 0.1) is 16.0 Å². The summed E-state index contributed by atoms with van der Waals surface area (Å²) in [7, 11) is 0. The number of non-ortho nitro benzene ring substituents is 1. The molecule has 1 fully saturated rings. The van der Waals surface area contributed by atoms with Gasteiger partial charge in [-0.05, 0) is 41.8 Å². The van der Waals surface area contributed by atoms with Gasteiger partial charge in [0.05, 0.1) is 23.1 Å². The van der Waals surface area contributed by atoms with Crippen molar-refractivity contribution in [2.24, 2.45) is 5.92 Å². The van der Waals surface area contributed by atoms with E-state index in [4.69, 9.17) is 4.74 Å². The van der Waals surface area contributed by atoms with Gasteiger partial charge in [0.2, 0.25) is 0 Å². The Kier molecular flexibility index (Phi) is 5.17. The van der Waals surface area contributed by atoms with E-state index in [9.17, 15) is 14.9 Å². The number of hydrogen-bond acceptors (Lipinski definition) is 5. The highest BCUT2D eigenvalue weighted by atomic mass is 79.9. The molecule has 1 saturated heterocycles. The number of piperidine rings is 1. The number of hydrogen-bond donors (Lipinski definition) is 0. The van der Waals surface area contributed by atoms with E-state index >= 15 is 0 Å². The number of esters is 1. The summed E-state index contributed by atoms with van der Waals surface area (Å²) in [4.78, 5) is 24.3. The van der Waals surface area contributed by atoms with E-state index in [0.29, 0.717) is 17.6 Å². The van der Waals surface area contributed by atoms with Crippen molar-refractivity contribution in [1.29, 1.82) is 0 Å². The van der Waals surface area contributed by atoms with Crippen LogP contribution in [-0.2, 0) is 9.53 Å². The molecule has 0 bridgehead atoms. The number of nitro benzene ring substituents is 1. The molecule has 1 unspecified atom stereocenters. The standard InChI is InChI=1S/C14H17BrN2O4/c1-2-21-14(18)10-4-3-7-16(9-10)13-6-5-11(17(19)20)8-12(13)15/h5-6,8,10H,2-4,7,9H2,1H3. The average molecular weight is 357 g/mol. The first-order valence-electron chi connectivity index (χ1n) is 6.88. The number of carbonyl (C=O) groups is 1. The van der Waals surface area contributed by atoms with Crippen LogP contribution < -0.4 is 4.90 Å². The number of nitro groups is 1. The molecule has 1 aromatic carbocycles. The lowest BCUT2D eigenvalue weighted by molar-refractivity contribution is -0.384. The molecule has 0 aromatic heterocycles. The van der Waals surface area contributed by atoms with Crippen molar-refractivity contribution in [2.45, 2.75) is 19.8 Å². The molecule has 0 spiro atoms. The monoisotopic (exact) mass is 356 g/mol. The van der Waals surface area contributed by atoms with Crippen molar-refractivity contribution in [3.63, 3.8) is 0 Å². The molecule has 0 amide bonds. The van der Waals surface area contributed by atoms with Crippen LogP contribution >= 0.6 is 15.9 Å². The van der Waals surface area contributed by atoms with E-state index in [1.54, 1.807) is 13.0 Å². The third-order valence-electron chi connectivity index (χ3n) is 3.52. The van der Waals surface area contributed by atoms with Gasteiger partial charge in [-0.15, -0.1) is 0 Å². The molecule has 21 heavy (non-hydrogen) atoms. The Hall–Kier alpha value is -1.63. The summed E-state index contributed by atoms with van der Waals surface area (Å²) in [5, 5.41) is 10.8. The third kappa shape index (κ3) is 3.72. The van der Waals surface area contributed by atoms with E-state index in [1.165, 1.54) is 12.1 Å². The number of benzene rings is 1. The normalized spacial score (nSPS) is 18.4. The highest BCUT2D eigenvalue weighted by Crippen LogP contribution is 2.33. The maximum atomic E-state index is 11.9. The maximum absolute atomic E-state index is 11.9. The predicted molar refractivity (Wildman–Crippen MR) is 82.4 cm³/mol. The van der Waals surface area contributed by atoms with Gasteiger partial charge in [-0.3, -0.25) is 14.9 Å². The maximum Gasteiger partial charge on any atom is 0.310 e. The van der Waals surface area contributed by atoms with Crippen LogP contribution in [0.1, 0.15) is 19.8 Å². The summed E-state index contributed by atoms with van der Waals surface area (Å²) in [6.45, 7) is 3.59. The Morgan fingerprint density at radius 1 is 1.57 bits per heavy atom. The van der Waals surface area contributed by atoms with Crippen molar-refractivity contribution in [1.82, 2.24) is 0 Å². The zero-order valence-corrected chi connectivity index (χ0v) is 13.3. The van der Waals surface area contributed by atoms with E-state index in [0.717, 1.165) is 25.1 Å². The van der Waals surface area contributed by atoms with Crippen LogP contribution in [0.3, 0.4) is 0 Å². The fourth-order valence-corrected chi connectivity index (χ4v) is 3.13. The second-order valence-corrected chi connectivity index (χ2v) is 5.78. The molecule has 114 valence electrons. The van der Waals surface area contributed by atoms with Gasteiger partial charge >= 0.3 is 5.97 Å². The summed E-state index contributed by atoms with van der Waals surface area (Å²) < 4.78 is 5.75. The molecule has 0 saturated carbocycles. The minimum atomic E-state index is -0.424. The lowest BCUT2D eigenvalue weighted by Crippen LogP contribution is -2.39. The van der Waals surface area contributed by atoms with Crippen molar-refractivity contribution in [2.75, 3.05) is 24.6 Å². The first-order valence-corrected chi connectivity index (χ1v) is 7.67. The van der Waals surface area contributed by atoms with Crippen molar-refractivity contribution in [3.05, 3.63) is 32.8 Å². The molecule has 1 heterocycles. The second kappa shape index (κ2) is 6.89. The largest absolute Gasteiger partial charge is 0.466 e. The topological polar surface area (TPSA) is 72.7 Å². The van der Waals surface area contributed by atoms with Crippen LogP contribution in [0.15, 0.2) is 22.7 Å². The van der Waals surface area contributed by atoms with Gasteiger partial charge in [0, 0.05) is 29.7 Å². The van der Waals surface area contributed by atoms with Crippen LogP contribution in [0.2, 0.25) is 0 Å². The highest BCUT2D eigenvalue weighted by molar-refractivity contribution is 9.10. The van der Waals surface area contributed by atoms with Gasteiger partial charge < -0.3 is 9.64 Å². The van der Waals surface area contributed by atoms with Gasteiger partial charge in [0.1, 0.15) is 0 Å². The molecule has 1 aromatic rings. The molecule has 2 rings (SSSR count). The van der Waals surface area contributed by atoms with Crippen LogP contribution in [0.25, 0.3) is 0 Å². The van der Waals surface area contributed by atoms with Gasteiger partial charge in [0.15, 0.2) is 0 Å². The molecule has 0 aliphatic carbocycles. The SMILES string of the molecule is CCOC(=O)C1CCCN(c2ccc([N+](=O)[O-])cc2Br)C1. The Labute approximate surface area is 131 Å². The van der Waals surface area contributed by atoms with Crippen LogP contribution in [0.5, 0.6) is 0 Å². The van der Waals surface area contributed by atoms with Crippen molar-refractivity contribution >= 4 is 33.3 Å². The fourth-order valence-electron chi connectivity index (χ4n) is 2.51. The van der Waals surface area contributed by atoms with E-state index < -0.39 is 4.92 Å². The summed E-state index contributed by atoms with van der Waals surface area (Å²) in [6, 6.07) is 4.69. The summed E-state index contributed by atoms with van der Waals surface area (Å²) in [5.41, 5.74) is 0.916. The molecular weight excluding hydrogens is 340 g/mol. The quantitative estimate of drug-likeness (QED) is 0.470. The Balaban J connectivity index is 2.14.